The van der Waals surface area contributed by atoms with E-state index in [1.165, 1.54) is 11.3 Å². The average molecular weight is 272 g/mol. The lowest BCUT2D eigenvalue weighted by Crippen LogP contribution is -2.17. The van der Waals surface area contributed by atoms with Crippen molar-refractivity contribution in [2.75, 3.05) is 6.54 Å². The van der Waals surface area contributed by atoms with E-state index in [9.17, 15) is 0 Å². The Kier molecular flexibility index (Phi) is 5.74. The number of hydrogen-bond acceptors (Lipinski definition) is 3. The minimum absolute atomic E-state index is 0.675. The SMILES string of the molecule is CC(C)Cc1cncn1CCCNCc1cccnc1. The van der Waals surface area contributed by atoms with E-state index >= 15 is 0 Å². The minimum Gasteiger partial charge on any atom is -0.335 e. The lowest BCUT2D eigenvalue weighted by atomic mass is 10.1. The number of imidazole rings is 1. The molecule has 1 N–H and O–H groups in total. The van der Waals surface area contributed by atoms with Crippen molar-refractivity contribution in [3.63, 3.8) is 0 Å². The van der Waals surface area contributed by atoms with Gasteiger partial charge in [0, 0.05) is 37.4 Å². The van der Waals surface area contributed by atoms with Gasteiger partial charge in [0.05, 0.1) is 6.33 Å². The second kappa shape index (κ2) is 7.80. The highest BCUT2D eigenvalue weighted by atomic mass is 15.0. The monoisotopic (exact) mass is 272 g/mol. The van der Waals surface area contributed by atoms with E-state index in [0.29, 0.717) is 5.92 Å². The van der Waals surface area contributed by atoms with Crippen molar-refractivity contribution in [1.82, 2.24) is 19.9 Å². The maximum Gasteiger partial charge on any atom is 0.0948 e. The molecule has 2 aromatic rings. The van der Waals surface area contributed by atoms with Crippen LogP contribution in [0.25, 0.3) is 0 Å². The van der Waals surface area contributed by atoms with E-state index < -0.39 is 0 Å². The third-order valence-electron chi connectivity index (χ3n) is 3.22. The predicted octanol–water partition coefficient (Wildman–Crippen LogP) is 2.66. The fourth-order valence-electron chi connectivity index (χ4n) is 2.25. The summed E-state index contributed by atoms with van der Waals surface area (Å²) >= 11 is 0. The lowest BCUT2D eigenvalue weighted by molar-refractivity contribution is 0.545. The predicted molar refractivity (Wildman–Crippen MR) is 81.3 cm³/mol. The average Bonchev–Trinajstić information content (AvgIpc) is 2.86. The second-order valence-corrected chi connectivity index (χ2v) is 5.57. The Morgan fingerprint density at radius 1 is 1.25 bits per heavy atom. The van der Waals surface area contributed by atoms with Gasteiger partial charge in [0.25, 0.3) is 0 Å². The normalized spacial score (nSPS) is 11.2. The van der Waals surface area contributed by atoms with Gasteiger partial charge in [-0.05, 0) is 36.9 Å². The highest BCUT2D eigenvalue weighted by molar-refractivity contribution is 5.07. The molecule has 0 saturated carbocycles. The largest absolute Gasteiger partial charge is 0.335 e. The van der Waals surface area contributed by atoms with E-state index in [1.54, 1.807) is 6.20 Å². The first kappa shape index (κ1) is 14.7. The maximum absolute atomic E-state index is 4.26. The number of nitrogens with one attached hydrogen (secondary N) is 1. The number of nitrogens with zero attached hydrogens (tertiary/aromatic N) is 3. The van der Waals surface area contributed by atoms with Crippen LogP contribution in [0.3, 0.4) is 0 Å². The Bertz CT molecular complexity index is 490. The molecule has 0 spiro atoms. The summed E-state index contributed by atoms with van der Waals surface area (Å²) in [7, 11) is 0. The second-order valence-electron chi connectivity index (χ2n) is 5.57. The molecule has 4 nitrogen and oxygen atoms in total. The summed E-state index contributed by atoms with van der Waals surface area (Å²) in [4.78, 5) is 8.37. The molecule has 4 heteroatoms. The van der Waals surface area contributed by atoms with E-state index in [2.05, 4.69) is 39.8 Å². The van der Waals surface area contributed by atoms with Crippen molar-refractivity contribution in [2.45, 2.75) is 39.8 Å². The molecule has 0 fully saturated rings. The number of pyridine rings is 1. The highest BCUT2D eigenvalue weighted by Gasteiger charge is 2.04. The van der Waals surface area contributed by atoms with Crippen molar-refractivity contribution < 1.29 is 0 Å². The topological polar surface area (TPSA) is 42.7 Å². The molecule has 20 heavy (non-hydrogen) atoms. The van der Waals surface area contributed by atoms with Gasteiger partial charge >= 0.3 is 0 Å². The molecule has 0 aromatic carbocycles. The Hall–Kier alpha value is -1.68. The van der Waals surface area contributed by atoms with Crippen LogP contribution in [0.15, 0.2) is 37.1 Å². The first-order valence-electron chi connectivity index (χ1n) is 7.34. The first-order valence-corrected chi connectivity index (χ1v) is 7.34. The molecule has 2 heterocycles. The van der Waals surface area contributed by atoms with Gasteiger partial charge in [-0.2, -0.15) is 0 Å². The zero-order valence-electron chi connectivity index (χ0n) is 12.4. The van der Waals surface area contributed by atoms with Crippen LogP contribution in [-0.2, 0) is 19.5 Å². The summed E-state index contributed by atoms with van der Waals surface area (Å²) in [5, 5.41) is 3.45. The first-order chi connectivity index (χ1) is 9.75. The molecule has 0 bridgehead atoms. The van der Waals surface area contributed by atoms with Gasteiger partial charge < -0.3 is 9.88 Å². The van der Waals surface area contributed by atoms with Crippen LogP contribution in [0, 0.1) is 5.92 Å². The third-order valence-corrected chi connectivity index (χ3v) is 3.22. The van der Waals surface area contributed by atoms with Crippen LogP contribution in [-0.4, -0.2) is 21.1 Å². The van der Waals surface area contributed by atoms with Crippen LogP contribution >= 0.6 is 0 Å². The van der Waals surface area contributed by atoms with Crippen molar-refractivity contribution in [2.24, 2.45) is 5.92 Å². The molecule has 0 saturated heterocycles. The van der Waals surface area contributed by atoms with E-state index in [4.69, 9.17) is 0 Å². The van der Waals surface area contributed by atoms with Gasteiger partial charge in [-0.25, -0.2) is 4.98 Å². The number of aromatic nitrogens is 3. The summed E-state index contributed by atoms with van der Waals surface area (Å²) in [6, 6.07) is 4.07. The molecule has 0 atom stereocenters. The zero-order chi connectivity index (χ0) is 14.2. The van der Waals surface area contributed by atoms with Crippen molar-refractivity contribution in [3.8, 4) is 0 Å². The Morgan fingerprint density at radius 3 is 2.90 bits per heavy atom. The van der Waals surface area contributed by atoms with Crippen molar-refractivity contribution in [3.05, 3.63) is 48.3 Å². The van der Waals surface area contributed by atoms with Gasteiger partial charge in [0.2, 0.25) is 0 Å². The smallest absolute Gasteiger partial charge is 0.0948 e. The van der Waals surface area contributed by atoms with E-state index in [0.717, 1.165) is 32.5 Å². The highest BCUT2D eigenvalue weighted by Crippen LogP contribution is 2.08. The summed E-state index contributed by atoms with van der Waals surface area (Å²) in [6.07, 6.45) is 9.86. The van der Waals surface area contributed by atoms with Gasteiger partial charge in [-0.3, -0.25) is 4.98 Å². The minimum atomic E-state index is 0.675. The van der Waals surface area contributed by atoms with Crippen LogP contribution < -0.4 is 5.32 Å². The maximum atomic E-state index is 4.26. The van der Waals surface area contributed by atoms with Gasteiger partial charge in [0.1, 0.15) is 0 Å². The lowest BCUT2D eigenvalue weighted by Gasteiger charge is -2.10. The molecular formula is C16H24N4. The third kappa shape index (κ3) is 4.78. The molecule has 0 aliphatic rings. The molecule has 2 aromatic heterocycles. The van der Waals surface area contributed by atoms with Crippen LogP contribution in [0.5, 0.6) is 0 Å². The van der Waals surface area contributed by atoms with E-state index in [-0.39, 0.29) is 0 Å². The van der Waals surface area contributed by atoms with Gasteiger partial charge in [0.15, 0.2) is 0 Å². The summed E-state index contributed by atoms with van der Waals surface area (Å²) in [6.45, 7) is 7.41. The fraction of sp³-hybridized carbons (Fsp3) is 0.500. The van der Waals surface area contributed by atoms with E-state index in [1.807, 2.05) is 24.8 Å². The number of aryl methyl sites for hydroxylation is 1. The van der Waals surface area contributed by atoms with Crippen molar-refractivity contribution >= 4 is 0 Å². The molecule has 0 aliphatic carbocycles. The number of hydrogen-bond donors (Lipinski definition) is 1. The molecule has 0 aliphatic heterocycles. The molecule has 0 amide bonds. The summed E-state index contributed by atoms with van der Waals surface area (Å²) < 4.78 is 2.27. The van der Waals surface area contributed by atoms with Crippen LogP contribution in [0.4, 0.5) is 0 Å². The fourth-order valence-corrected chi connectivity index (χ4v) is 2.25. The Morgan fingerprint density at radius 2 is 2.15 bits per heavy atom. The van der Waals surface area contributed by atoms with Crippen LogP contribution in [0.1, 0.15) is 31.5 Å². The molecule has 0 radical (unpaired) electrons. The van der Waals surface area contributed by atoms with Crippen LogP contribution in [0.2, 0.25) is 0 Å². The summed E-state index contributed by atoms with van der Waals surface area (Å²) in [5.41, 5.74) is 2.57. The molecule has 108 valence electrons. The molecular weight excluding hydrogens is 248 g/mol. The summed E-state index contributed by atoms with van der Waals surface area (Å²) in [5.74, 6) is 0.675. The van der Waals surface area contributed by atoms with Gasteiger partial charge in [-0.1, -0.05) is 19.9 Å². The molecule has 2 rings (SSSR count). The standard InChI is InChI=1S/C16H24N4/c1-14(2)9-16-12-19-13-20(16)8-4-7-18-11-15-5-3-6-17-10-15/h3,5-6,10,12-14,18H,4,7-9,11H2,1-2H3. The Labute approximate surface area is 121 Å². The Balaban J connectivity index is 1.67. The zero-order valence-corrected chi connectivity index (χ0v) is 12.4. The molecule has 0 unspecified atom stereocenters. The number of rotatable bonds is 8. The van der Waals surface area contributed by atoms with Crippen molar-refractivity contribution in [1.29, 1.82) is 0 Å². The quantitative estimate of drug-likeness (QED) is 0.751. The van der Waals surface area contributed by atoms with Gasteiger partial charge in [-0.15, -0.1) is 0 Å².